The summed E-state index contributed by atoms with van der Waals surface area (Å²) in [7, 11) is 0. The van der Waals surface area contributed by atoms with Crippen molar-refractivity contribution in [1.29, 1.82) is 0 Å². The molecule has 0 bridgehead atoms. The zero-order valence-corrected chi connectivity index (χ0v) is 16.9. The maximum absolute atomic E-state index is 13.0. The fourth-order valence-corrected chi connectivity index (χ4v) is 2.63. The Bertz CT molecular complexity index is 675. The van der Waals surface area contributed by atoms with E-state index >= 15 is 0 Å². The van der Waals surface area contributed by atoms with Gasteiger partial charge in [-0.2, -0.15) is 0 Å². The summed E-state index contributed by atoms with van der Waals surface area (Å²) in [6.07, 6.45) is -1.42. The minimum atomic E-state index is -1.16. The van der Waals surface area contributed by atoms with Crippen LogP contribution in [0.2, 0.25) is 5.02 Å². The molecule has 8 heteroatoms. The first kappa shape index (κ1) is 22.9. The van der Waals surface area contributed by atoms with Crippen molar-refractivity contribution >= 4 is 29.6 Å². The van der Waals surface area contributed by atoms with Crippen LogP contribution in [-0.4, -0.2) is 40.1 Å². The van der Waals surface area contributed by atoms with Gasteiger partial charge >= 0.3 is 12.1 Å². The molecule has 1 rings (SSSR count). The third-order valence-electron chi connectivity index (χ3n) is 4.13. The zero-order valence-electron chi connectivity index (χ0n) is 16.2. The highest BCUT2D eigenvalue weighted by molar-refractivity contribution is 6.30. The van der Waals surface area contributed by atoms with Gasteiger partial charge in [-0.1, -0.05) is 37.6 Å². The molecule has 0 aromatic heterocycles. The molecule has 0 saturated heterocycles. The molecule has 1 aromatic rings. The Morgan fingerprint density at radius 3 is 2.00 bits per heavy atom. The predicted octanol–water partition coefficient (Wildman–Crippen LogP) is 3.46. The van der Waals surface area contributed by atoms with Gasteiger partial charge in [0.05, 0.1) is 24.1 Å². The molecule has 0 heterocycles. The molecule has 2 unspecified atom stereocenters. The quantitative estimate of drug-likeness (QED) is 0.727. The standard InChI is InChI=1S/C19H27ClN2O5/c1-10(2)15(21)17(23)22(19(26)27-11(3)4)16(12(5)18(24)25)13-6-8-14(20)9-7-13/h6-12,15-16H,21H2,1-5H3,(H,24,25)/t12?,15-,16?/m0/s1. The Balaban J connectivity index is 3.51. The Morgan fingerprint density at radius 1 is 1.07 bits per heavy atom. The number of carboxylic acid groups (broad SMARTS) is 1. The van der Waals surface area contributed by atoms with Crippen LogP contribution in [0.15, 0.2) is 24.3 Å². The van der Waals surface area contributed by atoms with E-state index < -0.39 is 42.1 Å². The lowest BCUT2D eigenvalue weighted by atomic mass is 9.91. The van der Waals surface area contributed by atoms with Crippen molar-refractivity contribution in [3.63, 3.8) is 0 Å². The van der Waals surface area contributed by atoms with Gasteiger partial charge in [0.25, 0.3) is 0 Å². The fourth-order valence-electron chi connectivity index (χ4n) is 2.50. The lowest BCUT2D eigenvalue weighted by molar-refractivity contribution is -0.146. The molecule has 0 saturated carbocycles. The second-order valence-electron chi connectivity index (χ2n) is 7.03. The van der Waals surface area contributed by atoms with E-state index in [1.165, 1.54) is 6.92 Å². The van der Waals surface area contributed by atoms with E-state index in [1.807, 2.05) is 0 Å². The zero-order chi connectivity index (χ0) is 20.9. The van der Waals surface area contributed by atoms with Gasteiger partial charge in [-0.05, 0) is 44.4 Å². The van der Waals surface area contributed by atoms with E-state index in [2.05, 4.69) is 0 Å². The first-order valence-corrected chi connectivity index (χ1v) is 9.12. The average Bonchev–Trinajstić information content (AvgIpc) is 2.57. The number of aliphatic carboxylic acids is 1. The number of carbonyl (C=O) groups is 3. The summed E-state index contributed by atoms with van der Waals surface area (Å²) in [6, 6.07) is 4.21. The van der Waals surface area contributed by atoms with Crippen molar-refractivity contribution in [3.8, 4) is 0 Å². The Hall–Kier alpha value is -2.12. The minimum absolute atomic E-state index is 0.252. The van der Waals surface area contributed by atoms with Gasteiger partial charge in [0.2, 0.25) is 5.91 Å². The Morgan fingerprint density at radius 2 is 1.59 bits per heavy atom. The van der Waals surface area contributed by atoms with Gasteiger partial charge < -0.3 is 15.6 Å². The molecule has 0 aliphatic rings. The third-order valence-corrected chi connectivity index (χ3v) is 4.38. The molecule has 0 fully saturated rings. The van der Waals surface area contributed by atoms with Gasteiger partial charge in [0.15, 0.2) is 0 Å². The van der Waals surface area contributed by atoms with E-state index in [0.29, 0.717) is 10.6 Å². The Kier molecular flexibility index (Phi) is 8.24. The first-order chi connectivity index (χ1) is 12.5. The molecular formula is C19H27ClN2O5. The highest BCUT2D eigenvalue weighted by Gasteiger charge is 2.41. The molecule has 0 aliphatic carbocycles. The largest absolute Gasteiger partial charge is 0.481 e. The molecule has 0 spiro atoms. The van der Waals surface area contributed by atoms with E-state index in [9.17, 15) is 19.5 Å². The molecule has 150 valence electrons. The van der Waals surface area contributed by atoms with E-state index in [4.69, 9.17) is 22.1 Å². The lowest BCUT2D eigenvalue weighted by Crippen LogP contribution is -2.52. The fraction of sp³-hybridized carbons (Fsp3) is 0.526. The number of imide groups is 1. The second kappa shape index (κ2) is 9.71. The normalized spacial score (nSPS) is 14.6. The summed E-state index contributed by atoms with van der Waals surface area (Å²) >= 11 is 5.92. The van der Waals surface area contributed by atoms with Crippen LogP contribution in [0.1, 0.15) is 46.2 Å². The molecular weight excluding hydrogens is 372 g/mol. The summed E-state index contributed by atoms with van der Waals surface area (Å²) < 4.78 is 5.21. The van der Waals surface area contributed by atoms with Gasteiger partial charge in [0, 0.05) is 5.02 Å². The number of nitrogens with zero attached hydrogens (tertiary/aromatic N) is 1. The number of hydrogen-bond acceptors (Lipinski definition) is 5. The van der Waals surface area contributed by atoms with Crippen LogP contribution in [0.3, 0.4) is 0 Å². The topological polar surface area (TPSA) is 110 Å². The number of ether oxygens (including phenoxy) is 1. The van der Waals surface area contributed by atoms with Crippen LogP contribution in [0.4, 0.5) is 4.79 Å². The molecule has 2 amide bonds. The molecule has 7 nitrogen and oxygen atoms in total. The van der Waals surface area contributed by atoms with E-state index in [0.717, 1.165) is 4.90 Å². The van der Waals surface area contributed by atoms with Crippen LogP contribution in [0, 0.1) is 11.8 Å². The predicted molar refractivity (Wildman–Crippen MR) is 102 cm³/mol. The number of benzene rings is 1. The van der Waals surface area contributed by atoms with Crippen molar-refractivity contribution in [1.82, 2.24) is 4.90 Å². The maximum Gasteiger partial charge on any atom is 0.417 e. The van der Waals surface area contributed by atoms with Crippen LogP contribution in [0.25, 0.3) is 0 Å². The van der Waals surface area contributed by atoms with Gasteiger partial charge in [-0.25, -0.2) is 9.69 Å². The molecule has 3 N–H and O–H groups in total. The average molecular weight is 399 g/mol. The summed E-state index contributed by atoms with van der Waals surface area (Å²) in [6.45, 7) is 8.19. The number of carboxylic acids is 1. The number of hydrogen-bond donors (Lipinski definition) is 2. The molecule has 0 aliphatic heterocycles. The number of carbonyl (C=O) groups excluding carboxylic acids is 2. The Labute approximate surface area is 164 Å². The highest BCUT2D eigenvalue weighted by atomic mass is 35.5. The summed E-state index contributed by atoms with van der Waals surface area (Å²) in [4.78, 5) is 38.3. The van der Waals surface area contributed by atoms with E-state index in [-0.39, 0.29) is 5.92 Å². The lowest BCUT2D eigenvalue weighted by Gasteiger charge is -2.35. The maximum atomic E-state index is 13.0. The van der Waals surface area contributed by atoms with E-state index in [1.54, 1.807) is 52.0 Å². The highest BCUT2D eigenvalue weighted by Crippen LogP contribution is 2.32. The number of amides is 2. The van der Waals surface area contributed by atoms with Crippen molar-refractivity contribution in [2.24, 2.45) is 17.6 Å². The molecule has 3 atom stereocenters. The molecule has 1 aromatic carbocycles. The van der Waals surface area contributed by atoms with Crippen LogP contribution >= 0.6 is 11.6 Å². The van der Waals surface area contributed by atoms with Crippen LogP contribution < -0.4 is 5.73 Å². The number of nitrogens with two attached hydrogens (primary N) is 1. The van der Waals surface area contributed by atoms with Crippen molar-refractivity contribution in [2.75, 3.05) is 0 Å². The summed E-state index contributed by atoms with van der Waals surface area (Å²) in [5.74, 6) is -3.20. The van der Waals surface area contributed by atoms with Crippen molar-refractivity contribution in [2.45, 2.75) is 52.8 Å². The minimum Gasteiger partial charge on any atom is -0.481 e. The second-order valence-corrected chi connectivity index (χ2v) is 7.47. The molecule has 0 radical (unpaired) electrons. The summed E-state index contributed by atoms with van der Waals surface area (Å²) in [5, 5.41) is 10.0. The van der Waals surface area contributed by atoms with Crippen LogP contribution in [0.5, 0.6) is 0 Å². The first-order valence-electron chi connectivity index (χ1n) is 8.74. The van der Waals surface area contributed by atoms with Crippen LogP contribution in [-0.2, 0) is 14.3 Å². The monoisotopic (exact) mass is 398 g/mol. The smallest absolute Gasteiger partial charge is 0.417 e. The van der Waals surface area contributed by atoms with Gasteiger partial charge in [-0.3, -0.25) is 9.59 Å². The third kappa shape index (κ3) is 5.94. The SMILES string of the molecule is CC(C)OC(=O)N(C(=O)[C@@H](N)C(C)C)C(c1ccc(Cl)cc1)C(C)C(=O)O. The number of rotatable bonds is 7. The van der Waals surface area contributed by atoms with Gasteiger partial charge in [0.1, 0.15) is 0 Å². The summed E-state index contributed by atoms with van der Waals surface area (Å²) in [5.41, 5.74) is 6.42. The van der Waals surface area contributed by atoms with Crippen molar-refractivity contribution < 1.29 is 24.2 Å². The number of halogens is 1. The van der Waals surface area contributed by atoms with Crippen molar-refractivity contribution in [3.05, 3.63) is 34.9 Å². The molecule has 27 heavy (non-hydrogen) atoms. The van der Waals surface area contributed by atoms with Gasteiger partial charge in [-0.15, -0.1) is 0 Å².